The van der Waals surface area contributed by atoms with E-state index in [1.165, 1.54) is 12.1 Å². The van der Waals surface area contributed by atoms with Gasteiger partial charge in [0.1, 0.15) is 17.3 Å². The number of aromatic nitrogens is 1. The molecule has 1 N–H and O–H groups in total. The number of hydrogen-bond donors (Lipinski definition) is 1. The maximum Gasteiger partial charge on any atom is 0.317 e. The molecule has 6 heteroatoms. The van der Waals surface area contributed by atoms with E-state index in [0.29, 0.717) is 17.4 Å². The van der Waals surface area contributed by atoms with Crippen LogP contribution in [-0.4, -0.2) is 40.6 Å². The Morgan fingerprint density at radius 3 is 2.29 bits per heavy atom. The van der Waals surface area contributed by atoms with Gasteiger partial charge in [-0.25, -0.2) is 4.39 Å². The van der Waals surface area contributed by atoms with Crippen LogP contribution in [0.2, 0.25) is 0 Å². The second kappa shape index (κ2) is 9.71. The summed E-state index contributed by atoms with van der Waals surface area (Å²) in [4.78, 5) is 17.7. The van der Waals surface area contributed by atoms with E-state index in [1.54, 1.807) is 12.1 Å². The summed E-state index contributed by atoms with van der Waals surface area (Å²) in [6.45, 7) is 1.78. The predicted octanol–water partition coefficient (Wildman–Crippen LogP) is 5.02. The summed E-state index contributed by atoms with van der Waals surface area (Å²) in [5.74, 6) is 0.740. The van der Waals surface area contributed by atoms with Crippen molar-refractivity contribution in [2.45, 2.75) is 19.3 Å². The Balaban J connectivity index is 1.37. The molecule has 5 nitrogen and oxygen atoms in total. The van der Waals surface area contributed by atoms with Gasteiger partial charge < -0.3 is 9.84 Å². The van der Waals surface area contributed by atoms with Gasteiger partial charge in [-0.1, -0.05) is 6.07 Å². The first kappa shape index (κ1) is 21.0. The summed E-state index contributed by atoms with van der Waals surface area (Å²) in [5, 5.41) is 8.93. The maximum absolute atomic E-state index is 13.0. The van der Waals surface area contributed by atoms with E-state index in [0.717, 1.165) is 49.3 Å². The van der Waals surface area contributed by atoms with Crippen molar-refractivity contribution in [3.63, 3.8) is 0 Å². The molecular formula is C25H25FN2O3. The number of halogens is 1. The average molecular weight is 420 g/mol. The van der Waals surface area contributed by atoms with Gasteiger partial charge in [-0.05, 0) is 98.9 Å². The van der Waals surface area contributed by atoms with Gasteiger partial charge in [-0.3, -0.25) is 14.7 Å². The van der Waals surface area contributed by atoms with Crippen LogP contribution in [0.1, 0.15) is 18.5 Å². The molecule has 1 aliphatic heterocycles. The van der Waals surface area contributed by atoms with Gasteiger partial charge >= 0.3 is 5.97 Å². The Hall–Kier alpha value is -3.25. The molecule has 31 heavy (non-hydrogen) atoms. The Morgan fingerprint density at radius 2 is 1.65 bits per heavy atom. The number of nitrogens with zero attached hydrogens (tertiary/aromatic N) is 2. The fourth-order valence-electron chi connectivity index (χ4n) is 3.92. The molecule has 2 aromatic carbocycles. The average Bonchev–Trinajstić information content (AvgIpc) is 2.77. The smallest absolute Gasteiger partial charge is 0.317 e. The number of carbonyl (C=O) groups is 1. The Kier molecular flexibility index (Phi) is 6.57. The molecule has 0 bridgehead atoms. The third-order valence-electron chi connectivity index (χ3n) is 5.57. The molecule has 1 aliphatic rings. The fourth-order valence-corrected chi connectivity index (χ4v) is 3.92. The SMILES string of the molecule is O=C(O)CN1CCC(Cc2cccc(-c3ccc(Oc4ccc(F)cc4)cc3)n2)CC1. The van der Waals surface area contributed by atoms with Crippen LogP contribution >= 0.6 is 0 Å². The van der Waals surface area contributed by atoms with Gasteiger partial charge in [0.05, 0.1) is 12.2 Å². The van der Waals surface area contributed by atoms with Crippen molar-refractivity contribution >= 4 is 5.97 Å². The molecule has 1 fully saturated rings. The van der Waals surface area contributed by atoms with E-state index >= 15 is 0 Å². The van der Waals surface area contributed by atoms with Crippen molar-refractivity contribution in [1.29, 1.82) is 0 Å². The number of carboxylic acids is 1. The lowest BCUT2D eigenvalue weighted by Gasteiger charge is -2.30. The van der Waals surface area contributed by atoms with Crippen LogP contribution in [0.4, 0.5) is 4.39 Å². The molecule has 2 heterocycles. The van der Waals surface area contributed by atoms with Crippen LogP contribution in [0, 0.1) is 11.7 Å². The highest BCUT2D eigenvalue weighted by molar-refractivity contribution is 5.69. The lowest BCUT2D eigenvalue weighted by Crippen LogP contribution is -2.37. The topological polar surface area (TPSA) is 62.7 Å². The van der Waals surface area contributed by atoms with Crippen molar-refractivity contribution in [3.05, 3.63) is 78.2 Å². The Labute approximate surface area is 181 Å². The number of rotatable bonds is 7. The second-order valence-electron chi connectivity index (χ2n) is 7.91. The lowest BCUT2D eigenvalue weighted by molar-refractivity contribution is -0.138. The van der Waals surface area contributed by atoms with Gasteiger partial charge in [0.25, 0.3) is 0 Å². The summed E-state index contributed by atoms with van der Waals surface area (Å²) in [5.41, 5.74) is 2.97. The van der Waals surface area contributed by atoms with Crippen LogP contribution in [0.3, 0.4) is 0 Å². The predicted molar refractivity (Wildman–Crippen MR) is 117 cm³/mol. The minimum Gasteiger partial charge on any atom is -0.480 e. The van der Waals surface area contributed by atoms with Gasteiger partial charge in [-0.2, -0.15) is 0 Å². The fraction of sp³-hybridized carbons (Fsp3) is 0.280. The largest absolute Gasteiger partial charge is 0.480 e. The highest BCUT2D eigenvalue weighted by Crippen LogP contribution is 2.26. The van der Waals surface area contributed by atoms with Gasteiger partial charge in [-0.15, -0.1) is 0 Å². The second-order valence-corrected chi connectivity index (χ2v) is 7.91. The zero-order valence-electron chi connectivity index (χ0n) is 17.2. The number of hydrogen-bond acceptors (Lipinski definition) is 4. The van der Waals surface area contributed by atoms with Crippen molar-refractivity contribution in [2.75, 3.05) is 19.6 Å². The molecule has 1 aromatic heterocycles. The molecule has 0 aliphatic carbocycles. The van der Waals surface area contributed by atoms with Crippen LogP contribution in [0.15, 0.2) is 66.7 Å². The molecule has 1 saturated heterocycles. The molecule has 160 valence electrons. The third kappa shape index (κ3) is 5.89. The number of aliphatic carboxylic acids is 1. The van der Waals surface area contributed by atoms with E-state index in [-0.39, 0.29) is 12.4 Å². The van der Waals surface area contributed by atoms with E-state index < -0.39 is 5.97 Å². The number of ether oxygens (including phenoxy) is 1. The van der Waals surface area contributed by atoms with Crippen molar-refractivity contribution in [3.8, 4) is 22.8 Å². The number of piperidine rings is 1. The van der Waals surface area contributed by atoms with Crippen LogP contribution in [0.25, 0.3) is 11.3 Å². The van der Waals surface area contributed by atoms with E-state index in [2.05, 4.69) is 6.07 Å². The van der Waals surface area contributed by atoms with Crippen LogP contribution < -0.4 is 4.74 Å². The monoisotopic (exact) mass is 420 g/mol. The Bertz CT molecular complexity index is 1010. The molecule has 0 amide bonds. The zero-order valence-corrected chi connectivity index (χ0v) is 17.2. The summed E-state index contributed by atoms with van der Waals surface area (Å²) in [6.07, 6.45) is 2.89. The first-order valence-electron chi connectivity index (χ1n) is 10.5. The standard InChI is InChI=1S/C25H25FN2O3/c26-20-6-10-23(11-7-20)31-22-8-4-19(5-9-22)24-3-1-2-21(27-24)16-18-12-14-28(15-13-18)17-25(29)30/h1-11,18H,12-17H2,(H,29,30). The van der Waals surface area contributed by atoms with Gasteiger partial charge in [0, 0.05) is 11.3 Å². The van der Waals surface area contributed by atoms with E-state index in [4.69, 9.17) is 14.8 Å². The van der Waals surface area contributed by atoms with Crippen molar-refractivity contribution in [2.24, 2.45) is 5.92 Å². The quantitative estimate of drug-likeness (QED) is 0.582. The molecule has 0 atom stereocenters. The molecule has 3 aromatic rings. The van der Waals surface area contributed by atoms with Crippen LogP contribution in [-0.2, 0) is 11.2 Å². The van der Waals surface area contributed by atoms with E-state index in [1.807, 2.05) is 41.3 Å². The number of carboxylic acid groups (broad SMARTS) is 1. The van der Waals surface area contributed by atoms with Crippen LogP contribution in [0.5, 0.6) is 11.5 Å². The minimum absolute atomic E-state index is 0.126. The Morgan fingerprint density at radius 1 is 1.00 bits per heavy atom. The van der Waals surface area contributed by atoms with E-state index in [9.17, 15) is 9.18 Å². The third-order valence-corrected chi connectivity index (χ3v) is 5.57. The highest BCUT2D eigenvalue weighted by Gasteiger charge is 2.21. The zero-order chi connectivity index (χ0) is 21.6. The molecule has 4 rings (SSSR count). The molecule has 0 radical (unpaired) electrons. The van der Waals surface area contributed by atoms with Gasteiger partial charge in [0.2, 0.25) is 0 Å². The first-order valence-corrected chi connectivity index (χ1v) is 10.5. The normalized spacial score (nSPS) is 15.0. The molecule has 0 saturated carbocycles. The van der Waals surface area contributed by atoms with Crippen molar-refractivity contribution < 1.29 is 19.0 Å². The van der Waals surface area contributed by atoms with Crippen molar-refractivity contribution in [1.82, 2.24) is 9.88 Å². The molecule has 0 spiro atoms. The number of likely N-dealkylation sites (tertiary alicyclic amines) is 1. The summed E-state index contributed by atoms with van der Waals surface area (Å²) in [6, 6.07) is 19.7. The first-order chi connectivity index (χ1) is 15.0. The molecular weight excluding hydrogens is 395 g/mol. The summed E-state index contributed by atoms with van der Waals surface area (Å²) < 4.78 is 18.8. The summed E-state index contributed by atoms with van der Waals surface area (Å²) >= 11 is 0. The summed E-state index contributed by atoms with van der Waals surface area (Å²) in [7, 11) is 0. The van der Waals surface area contributed by atoms with Gasteiger partial charge in [0.15, 0.2) is 0 Å². The number of benzene rings is 2. The number of pyridine rings is 1. The molecule has 0 unspecified atom stereocenters. The highest BCUT2D eigenvalue weighted by atomic mass is 19.1. The maximum atomic E-state index is 13.0. The lowest BCUT2D eigenvalue weighted by atomic mass is 9.92. The minimum atomic E-state index is -0.762.